The van der Waals surface area contributed by atoms with E-state index in [1.807, 2.05) is 14.0 Å². The summed E-state index contributed by atoms with van der Waals surface area (Å²) in [6, 6.07) is 0. The van der Waals surface area contributed by atoms with Crippen molar-refractivity contribution in [2.24, 2.45) is 5.92 Å². The van der Waals surface area contributed by atoms with Crippen LogP contribution in [0.3, 0.4) is 0 Å². The van der Waals surface area contributed by atoms with Crippen LogP contribution in [0.25, 0.3) is 0 Å². The van der Waals surface area contributed by atoms with Crippen molar-refractivity contribution >= 4 is 5.91 Å². The summed E-state index contributed by atoms with van der Waals surface area (Å²) in [5.41, 5.74) is 0. The molecule has 1 rings (SSSR count). The third-order valence-electron chi connectivity index (χ3n) is 2.35. The van der Waals surface area contributed by atoms with Gasteiger partial charge in [-0.1, -0.05) is 6.92 Å². The Morgan fingerprint density at radius 1 is 1.53 bits per heavy atom. The maximum absolute atomic E-state index is 11.5. The number of hydrogen-bond acceptors (Lipinski definition) is 4. The van der Waals surface area contributed by atoms with E-state index in [2.05, 4.69) is 10.6 Å². The van der Waals surface area contributed by atoms with Crippen LogP contribution in [0.4, 0.5) is 0 Å². The van der Waals surface area contributed by atoms with E-state index >= 15 is 0 Å². The maximum atomic E-state index is 11.5. The zero-order valence-electron chi connectivity index (χ0n) is 9.41. The number of hydrogen-bond donors (Lipinski definition) is 2. The SMILES string of the molecule is CNCC(C)C(=O)NCC1COCCO1. The molecule has 1 amide bonds. The van der Waals surface area contributed by atoms with Crippen molar-refractivity contribution in [3.63, 3.8) is 0 Å². The molecular formula is C10H20N2O3. The van der Waals surface area contributed by atoms with E-state index in [0.717, 1.165) is 0 Å². The molecule has 0 aromatic rings. The normalized spacial score (nSPS) is 23.5. The highest BCUT2D eigenvalue weighted by molar-refractivity contribution is 5.78. The van der Waals surface area contributed by atoms with Gasteiger partial charge in [-0.25, -0.2) is 0 Å². The van der Waals surface area contributed by atoms with E-state index in [1.54, 1.807) is 0 Å². The lowest BCUT2D eigenvalue weighted by Crippen LogP contribution is -2.42. The predicted molar refractivity (Wildman–Crippen MR) is 56.7 cm³/mol. The molecule has 0 aliphatic carbocycles. The van der Waals surface area contributed by atoms with Gasteiger partial charge < -0.3 is 20.1 Å². The Bertz CT molecular complexity index is 193. The largest absolute Gasteiger partial charge is 0.376 e. The van der Waals surface area contributed by atoms with Gasteiger partial charge in [0.1, 0.15) is 0 Å². The number of amides is 1. The van der Waals surface area contributed by atoms with Gasteiger partial charge in [0.15, 0.2) is 0 Å². The average molecular weight is 216 g/mol. The van der Waals surface area contributed by atoms with Crippen LogP contribution in [0.2, 0.25) is 0 Å². The molecule has 0 aromatic heterocycles. The van der Waals surface area contributed by atoms with Gasteiger partial charge in [0.25, 0.3) is 0 Å². The topological polar surface area (TPSA) is 59.6 Å². The van der Waals surface area contributed by atoms with Gasteiger partial charge in [0.05, 0.1) is 25.9 Å². The third kappa shape index (κ3) is 4.59. The predicted octanol–water partition coefficient (Wildman–Crippen LogP) is -0.626. The van der Waals surface area contributed by atoms with Crippen LogP contribution < -0.4 is 10.6 Å². The fourth-order valence-electron chi connectivity index (χ4n) is 1.44. The fourth-order valence-corrected chi connectivity index (χ4v) is 1.44. The first-order chi connectivity index (χ1) is 7.24. The summed E-state index contributed by atoms with van der Waals surface area (Å²) in [5, 5.41) is 5.82. The van der Waals surface area contributed by atoms with Crippen LogP contribution >= 0.6 is 0 Å². The molecule has 2 N–H and O–H groups in total. The lowest BCUT2D eigenvalue weighted by Gasteiger charge is -2.23. The summed E-state index contributed by atoms with van der Waals surface area (Å²) >= 11 is 0. The molecule has 1 heterocycles. The Balaban J connectivity index is 2.14. The van der Waals surface area contributed by atoms with Gasteiger partial charge in [-0.2, -0.15) is 0 Å². The lowest BCUT2D eigenvalue weighted by atomic mass is 10.1. The first-order valence-corrected chi connectivity index (χ1v) is 5.35. The first-order valence-electron chi connectivity index (χ1n) is 5.35. The molecule has 2 unspecified atom stereocenters. The lowest BCUT2D eigenvalue weighted by molar-refractivity contribution is -0.127. The molecule has 1 saturated heterocycles. The molecule has 5 nitrogen and oxygen atoms in total. The Morgan fingerprint density at radius 3 is 2.93 bits per heavy atom. The van der Waals surface area contributed by atoms with Gasteiger partial charge in [0, 0.05) is 19.0 Å². The Labute approximate surface area is 90.5 Å². The van der Waals surface area contributed by atoms with E-state index < -0.39 is 0 Å². The standard InChI is InChI=1S/C10H20N2O3/c1-8(5-11-2)10(13)12-6-9-7-14-3-4-15-9/h8-9,11H,3-7H2,1-2H3,(H,12,13). The molecule has 0 saturated carbocycles. The Morgan fingerprint density at radius 2 is 2.33 bits per heavy atom. The van der Waals surface area contributed by atoms with Gasteiger partial charge in [0.2, 0.25) is 5.91 Å². The van der Waals surface area contributed by atoms with Crippen LogP contribution in [0.5, 0.6) is 0 Å². The smallest absolute Gasteiger partial charge is 0.224 e. The summed E-state index contributed by atoms with van der Waals surface area (Å²) < 4.78 is 10.6. The molecule has 5 heteroatoms. The van der Waals surface area contributed by atoms with Crippen molar-refractivity contribution < 1.29 is 14.3 Å². The van der Waals surface area contributed by atoms with Gasteiger partial charge in [-0.05, 0) is 7.05 Å². The van der Waals surface area contributed by atoms with Crippen LogP contribution in [-0.4, -0.2) is 52.0 Å². The molecule has 15 heavy (non-hydrogen) atoms. The summed E-state index contributed by atoms with van der Waals surface area (Å²) in [4.78, 5) is 11.5. The number of rotatable bonds is 5. The Kier molecular flexibility index (Phi) is 5.60. The molecule has 88 valence electrons. The van der Waals surface area contributed by atoms with Crippen molar-refractivity contribution in [2.45, 2.75) is 13.0 Å². The summed E-state index contributed by atoms with van der Waals surface area (Å²) in [6.07, 6.45) is 0.00415. The minimum absolute atomic E-state index is 0.00415. The first kappa shape index (κ1) is 12.4. The van der Waals surface area contributed by atoms with E-state index in [1.165, 1.54) is 0 Å². The number of carbonyl (C=O) groups is 1. The number of ether oxygens (including phenoxy) is 2. The van der Waals surface area contributed by atoms with E-state index in [0.29, 0.717) is 32.9 Å². The molecule has 2 atom stereocenters. The quantitative estimate of drug-likeness (QED) is 0.642. The van der Waals surface area contributed by atoms with Crippen LogP contribution in [0, 0.1) is 5.92 Å². The third-order valence-corrected chi connectivity index (χ3v) is 2.35. The van der Waals surface area contributed by atoms with Crippen molar-refractivity contribution in [2.75, 3.05) is 40.0 Å². The monoisotopic (exact) mass is 216 g/mol. The Hall–Kier alpha value is -0.650. The minimum atomic E-state index is -0.0143. The van der Waals surface area contributed by atoms with E-state index in [4.69, 9.17) is 9.47 Å². The number of nitrogens with one attached hydrogen (secondary N) is 2. The highest BCUT2D eigenvalue weighted by Crippen LogP contribution is 2.00. The second kappa shape index (κ2) is 6.76. The summed E-state index contributed by atoms with van der Waals surface area (Å²) in [5.74, 6) is 0.0398. The highest BCUT2D eigenvalue weighted by atomic mass is 16.6. The van der Waals surface area contributed by atoms with Crippen molar-refractivity contribution in [1.82, 2.24) is 10.6 Å². The van der Waals surface area contributed by atoms with Crippen molar-refractivity contribution in [3.8, 4) is 0 Å². The molecule has 1 aliphatic rings. The molecule has 0 radical (unpaired) electrons. The average Bonchev–Trinajstić information content (AvgIpc) is 2.27. The molecule has 0 spiro atoms. The van der Waals surface area contributed by atoms with Gasteiger partial charge >= 0.3 is 0 Å². The van der Waals surface area contributed by atoms with Crippen molar-refractivity contribution in [1.29, 1.82) is 0 Å². The molecular weight excluding hydrogens is 196 g/mol. The van der Waals surface area contributed by atoms with Crippen molar-refractivity contribution in [3.05, 3.63) is 0 Å². The fraction of sp³-hybridized carbons (Fsp3) is 0.900. The highest BCUT2D eigenvalue weighted by Gasteiger charge is 2.17. The molecule has 1 aliphatic heterocycles. The van der Waals surface area contributed by atoms with Gasteiger partial charge in [-0.3, -0.25) is 4.79 Å². The number of carbonyl (C=O) groups excluding carboxylic acids is 1. The second-order valence-electron chi connectivity index (χ2n) is 3.77. The zero-order chi connectivity index (χ0) is 11.1. The van der Waals surface area contributed by atoms with Crippen LogP contribution in [0.15, 0.2) is 0 Å². The summed E-state index contributed by atoms with van der Waals surface area (Å²) in [6.45, 7) is 4.96. The van der Waals surface area contributed by atoms with Crippen LogP contribution in [-0.2, 0) is 14.3 Å². The molecule has 0 bridgehead atoms. The van der Waals surface area contributed by atoms with Crippen LogP contribution in [0.1, 0.15) is 6.92 Å². The maximum Gasteiger partial charge on any atom is 0.224 e. The minimum Gasteiger partial charge on any atom is -0.376 e. The van der Waals surface area contributed by atoms with E-state index in [9.17, 15) is 4.79 Å². The zero-order valence-corrected chi connectivity index (χ0v) is 9.41. The molecule has 1 fully saturated rings. The second-order valence-corrected chi connectivity index (χ2v) is 3.77. The summed E-state index contributed by atoms with van der Waals surface area (Å²) in [7, 11) is 1.84. The molecule has 0 aromatic carbocycles. The van der Waals surface area contributed by atoms with E-state index in [-0.39, 0.29) is 17.9 Å². The van der Waals surface area contributed by atoms with Gasteiger partial charge in [-0.15, -0.1) is 0 Å².